The number of alkyl halides is 1. The summed E-state index contributed by atoms with van der Waals surface area (Å²) in [4.78, 5) is 12.4. The van der Waals surface area contributed by atoms with Crippen LogP contribution in [-0.2, 0) is 9.53 Å². The number of hydrogen-bond acceptors (Lipinski definition) is 2. The van der Waals surface area contributed by atoms with Crippen LogP contribution in [0.3, 0.4) is 0 Å². The lowest BCUT2D eigenvalue weighted by Crippen LogP contribution is -2.30. The fourth-order valence-corrected chi connectivity index (χ4v) is 3.69. The summed E-state index contributed by atoms with van der Waals surface area (Å²) in [7, 11) is 0. The molecule has 0 amide bonds. The number of carbonyl (C=O) groups is 1. The first-order valence-corrected chi connectivity index (χ1v) is 7.06. The molecule has 0 saturated carbocycles. The minimum absolute atomic E-state index is 0.0889. The summed E-state index contributed by atoms with van der Waals surface area (Å²) in [6.45, 7) is 2.61. The molecule has 1 aromatic rings. The first-order valence-electron chi connectivity index (χ1n) is 6.27. The maximum Gasteiger partial charge on any atom is 0.214 e. The number of halogens is 1. The summed E-state index contributed by atoms with van der Waals surface area (Å²) in [5, 5.41) is 0. The van der Waals surface area contributed by atoms with Gasteiger partial charge < -0.3 is 4.74 Å². The number of rotatable bonds is 1. The van der Waals surface area contributed by atoms with Gasteiger partial charge >= 0.3 is 0 Å². The molecule has 94 valence electrons. The van der Waals surface area contributed by atoms with Crippen LogP contribution in [0.1, 0.15) is 31.2 Å². The zero-order valence-corrected chi connectivity index (χ0v) is 11.9. The molecule has 0 bridgehead atoms. The summed E-state index contributed by atoms with van der Waals surface area (Å²) >= 11 is 3.63. The van der Waals surface area contributed by atoms with Crippen molar-refractivity contribution in [2.45, 2.75) is 30.0 Å². The van der Waals surface area contributed by atoms with Gasteiger partial charge in [0.1, 0.15) is 0 Å². The number of carbonyl (C=O) groups excluding carboxylic acids is 1. The van der Waals surface area contributed by atoms with Gasteiger partial charge in [-0.2, -0.15) is 0 Å². The van der Waals surface area contributed by atoms with Crippen LogP contribution in [0, 0.1) is 0 Å². The first-order chi connectivity index (χ1) is 8.62. The van der Waals surface area contributed by atoms with E-state index in [1.165, 1.54) is 5.56 Å². The molecule has 0 unspecified atom stereocenters. The van der Waals surface area contributed by atoms with E-state index in [9.17, 15) is 4.79 Å². The van der Waals surface area contributed by atoms with Crippen LogP contribution < -0.4 is 0 Å². The van der Waals surface area contributed by atoms with Gasteiger partial charge in [-0.05, 0) is 30.9 Å². The van der Waals surface area contributed by atoms with Crippen LogP contribution in [0.4, 0.5) is 0 Å². The van der Waals surface area contributed by atoms with Gasteiger partial charge in [-0.3, -0.25) is 4.79 Å². The standard InChI is InChI=1S/C15H15BrO2/c1-15(16)12(10-6-3-2-4-7-10)11-8-5-9-18-13(11)14(15)17/h2-4,6-7,12H,5,8-9H2,1H3/t12-,15+/m0/s1. The van der Waals surface area contributed by atoms with Gasteiger partial charge in [-0.15, -0.1) is 0 Å². The SMILES string of the molecule is C[C@]1(Br)C(=O)C2=C(CCCO2)[C@@H]1c1ccccc1. The molecule has 2 aliphatic rings. The molecular formula is C15H15BrO2. The van der Waals surface area contributed by atoms with E-state index >= 15 is 0 Å². The number of allylic oxidation sites excluding steroid dienone is 2. The summed E-state index contributed by atoms with van der Waals surface area (Å²) < 4.78 is 5.04. The Kier molecular flexibility index (Phi) is 2.81. The van der Waals surface area contributed by atoms with Crippen LogP contribution in [0.25, 0.3) is 0 Å². The van der Waals surface area contributed by atoms with E-state index in [4.69, 9.17) is 4.74 Å². The van der Waals surface area contributed by atoms with Crippen molar-refractivity contribution >= 4 is 21.7 Å². The minimum atomic E-state index is -0.566. The van der Waals surface area contributed by atoms with Crippen molar-refractivity contribution in [1.82, 2.24) is 0 Å². The topological polar surface area (TPSA) is 26.3 Å². The highest BCUT2D eigenvalue weighted by Crippen LogP contribution is 2.52. The summed E-state index contributed by atoms with van der Waals surface area (Å²) in [5.41, 5.74) is 2.34. The van der Waals surface area contributed by atoms with Gasteiger partial charge in [-0.1, -0.05) is 46.3 Å². The number of hydrogen-bond donors (Lipinski definition) is 0. The molecule has 3 heteroatoms. The van der Waals surface area contributed by atoms with Crippen LogP contribution >= 0.6 is 15.9 Å². The van der Waals surface area contributed by atoms with E-state index in [-0.39, 0.29) is 11.7 Å². The van der Waals surface area contributed by atoms with Crippen LogP contribution in [0.5, 0.6) is 0 Å². The van der Waals surface area contributed by atoms with Gasteiger partial charge in [-0.25, -0.2) is 0 Å². The Morgan fingerprint density at radius 1 is 1.33 bits per heavy atom. The van der Waals surface area contributed by atoms with Crippen molar-refractivity contribution in [1.29, 1.82) is 0 Å². The van der Waals surface area contributed by atoms with Gasteiger partial charge in [0.25, 0.3) is 0 Å². The summed E-state index contributed by atoms with van der Waals surface area (Å²) in [6, 6.07) is 10.2. The lowest BCUT2D eigenvalue weighted by Gasteiger charge is -2.26. The molecule has 18 heavy (non-hydrogen) atoms. The molecule has 1 aliphatic carbocycles. The Bertz CT molecular complexity index is 517. The number of benzene rings is 1. The smallest absolute Gasteiger partial charge is 0.214 e. The molecule has 2 nitrogen and oxygen atoms in total. The second-order valence-corrected chi connectivity index (χ2v) is 6.70. The van der Waals surface area contributed by atoms with Crippen molar-refractivity contribution in [3.63, 3.8) is 0 Å². The number of ether oxygens (including phenoxy) is 1. The molecule has 1 aromatic carbocycles. The van der Waals surface area contributed by atoms with Gasteiger partial charge in [0.15, 0.2) is 5.76 Å². The molecule has 0 radical (unpaired) electrons. The van der Waals surface area contributed by atoms with E-state index in [1.807, 2.05) is 25.1 Å². The Balaban J connectivity index is 2.12. The Labute approximate surface area is 115 Å². The molecular weight excluding hydrogens is 292 g/mol. The lowest BCUT2D eigenvalue weighted by atomic mass is 9.84. The third-order valence-electron chi connectivity index (χ3n) is 3.80. The fourth-order valence-electron chi connectivity index (χ4n) is 2.97. The van der Waals surface area contributed by atoms with E-state index in [0.29, 0.717) is 12.4 Å². The largest absolute Gasteiger partial charge is 0.490 e. The van der Waals surface area contributed by atoms with Crippen molar-refractivity contribution < 1.29 is 9.53 Å². The number of Topliss-reactive ketones (excluding diaryl/α,β-unsaturated/α-hetero) is 1. The molecule has 1 aliphatic heterocycles. The zero-order valence-electron chi connectivity index (χ0n) is 10.3. The quantitative estimate of drug-likeness (QED) is 0.741. The maximum absolute atomic E-state index is 12.4. The monoisotopic (exact) mass is 306 g/mol. The van der Waals surface area contributed by atoms with Crippen LogP contribution in [0.2, 0.25) is 0 Å². The predicted octanol–water partition coefficient (Wildman–Crippen LogP) is 3.57. The Hall–Kier alpha value is -1.09. The lowest BCUT2D eigenvalue weighted by molar-refractivity contribution is -0.119. The average Bonchev–Trinajstić information content (AvgIpc) is 2.59. The van der Waals surface area contributed by atoms with Gasteiger partial charge in [0.2, 0.25) is 5.78 Å². The number of ketones is 1. The third-order valence-corrected chi connectivity index (χ3v) is 4.62. The third kappa shape index (κ3) is 1.64. The minimum Gasteiger partial charge on any atom is -0.490 e. The molecule has 1 heterocycles. The molecule has 3 rings (SSSR count). The summed E-state index contributed by atoms with van der Waals surface area (Å²) in [5.74, 6) is 0.794. The average molecular weight is 307 g/mol. The highest BCUT2D eigenvalue weighted by molar-refractivity contribution is 9.10. The zero-order chi connectivity index (χ0) is 12.8. The van der Waals surface area contributed by atoms with Crippen molar-refractivity contribution in [3.05, 3.63) is 47.2 Å². The molecule has 0 saturated heterocycles. The molecule has 0 aromatic heterocycles. The van der Waals surface area contributed by atoms with E-state index in [2.05, 4.69) is 28.1 Å². The second kappa shape index (κ2) is 4.23. The highest BCUT2D eigenvalue weighted by Gasteiger charge is 2.51. The van der Waals surface area contributed by atoms with E-state index in [1.54, 1.807) is 0 Å². The van der Waals surface area contributed by atoms with Crippen molar-refractivity contribution in [2.24, 2.45) is 0 Å². The molecule has 0 spiro atoms. The van der Waals surface area contributed by atoms with Crippen LogP contribution in [-0.4, -0.2) is 16.7 Å². The molecule has 0 N–H and O–H groups in total. The fraction of sp³-hybridized carbons (Fsp3) is 0.400. The molecule has 0 fully saturated rings. The van der Waals surface area contributed by atoms with Crippen molar-refractivity contribution in [2.75, 3.05) is 6.61 Å². The first kappa shape index (κ1) is 12.0. The van der Waals surface area contributed by atoms with E-state index in [0.717, 1.165) is 18.4 Å². The normalized spacial score (nSPS) is 31.2. The maximum atomic E-state index is 12.4. The van der Waals surface area contributed by atoms with Gasteiger partial charge in [0.05, 0.1) is 10.9 Å². The molecule has 2 atom stereocenters. The van der Waals surface area contributed by atoms with Gasteiger partial charge in [0, 0.05) is 5.92 Å². The predicted molar refractivity (Wildman–Crippen MR) is 73.7 cm³/mol. The highest BCUT2D eigenvalue weighted by atomic mass is 79.9. The van der Waals surface area contributed by atoms with E-state index < -0.39 is 4.32 Å². The van der Waals surface area contributed by atoms with Crippen molar-refractivity contribution in [3.8, 4) is 0 Å². The Morgan fingerprint density at radius 2 is 2.06 bits per heavy atom. The summed E-state index contributed by atoms with van der Waals surface area (Å²) in [6.07, 6.45) is 1.96. The Morgan fingerprint density at radius 3 is 2.78 bits per heavy atom. The van der Waals surface area contributed by atoms with Crippen LogP contribution in [0.15, 0.2) is 41.7 Å². The second-order valence-electron chi connectivity index (χ2n) is 5.05.